The Hall–Kier alpha value is -6.64. The molecule has 0 fully saturated rings. The van der Waals surface area contributed by atoms with Gasteiger partial charge in [-0.1, -0.05) is 152 Å². The minimum Gasteiger partial charge on any atom is -0.456 e. The van der Waals surface area contributed by atoms with Crippen LogP contribution in [0.5, 0.6) is 0 Å². The van der Waals surface area contributed by atoms with Crippen molar-refractivity contribution in [2.75, 3.05) is 4.90 Å². The second-order valence-electron chi connectivity index (χ2n) is 13.3. The normalized spacial score (nSPS) is 12.9. The highest BCUT2D eigenvalue weighted by Crippen LogP contribution is 2.56. The van der Waals surface area contributed by atoms with Crippen molar-refractivity contribution in [3.05, 3.63) is 222 Å². The maximum Gasteiger partial charge on any atom is 0.137 e. The fourth-order valence-electron chi connectivity index (χ4n) is 8.31. The summed E-state index contributed by atoms with van der Waals surface area (Å²) >= 11 is 0. The first kappa shape index (κ1) is 29.3. The number of benzene rings is 8. The van der Waals surface area contributed by atoms with E-state index in [1.165, 1.54) is 44.5 Å². The first-order chi connectivity index (χ1) is 25.3. The lowest BCUT2D eigenvalue weighted by Gasteiger charge is -2.33. The molecule has 0 saturated carbocycles. The van der Waals surface area contributed by atoms with Gasteiger partial charge in [0.05, 0.1) is 5.41 Å². The third-order valence-corrected chi connectivity index (χ3v) is 10.6. The first-order valence-electron chi connectivity index (χ1n) is 17.5. The molecule has 0 saturated heterocycles. The molecular weight excluding hydrogens is 619 g/mol. The van der Waals surface area contributed by atoms with Gasteiger partial charge in [0, 0.05) is 33.9 Å². The largest absolute Gasteiger partial charge is 0.456 e. The van der Waals surface area contributed by atoms with Crippen LogP contribution in [0.15, 0.2) is 205 Å². The molecule has 0 bridgehead atoms. The van der Waals surface area contributed by atoms with E-state index >= 15 is 0 Å². The molecule has 1 heterocycles. The average Bonchev–Trinajstić information content (AvgIpc) is 3.72. The van der Waals surface area contributed by atoms with Crippen LogP contribution in [-0.2, 0) is 5.41 Å². The number of nitrogens with zero attached hydrogens (tertiary/aromatic N) is 1. The van der Waals surface area contributed by atoms with Gasteiger partial charge in [-0.3, -0.25) is 0 Å². The highest BCUT2D eigenvalue weighted by atomic mass is 16.3. The van der Waals surface area contributed by atoms with Crippen LogP contribution in [0.1, 0.15) is 22.3 Å². The Balaban J connectivity index is 1.13. The smallest absolute Gasteiger partial charge is 0.137 e. The number of furan rings is 1. The van der Waals surface area contributed by atoms with Gasteiger partial charge in [0.1, 0.15) is 11.2 Å². The van der Waals surface area contributed by atoms with Crippen molar-refractivity contribution < 1.29 is 4.42 Å². The Morgan fingerprint density at radius 3 is 1.51 bits per heavy atom. The number of hydrogen-bond donors (Lipinski definition) is 0. The van der Waals surface area contributed by atoms with Gasteiger partial charge in [-0.2, -0.15) is 0 Å². The second-order valence-corrected chi connectivity index (χ2v) is 13.3. The van der Waals surface area contributed by atoms with Gasteiger partial charge in [-0.15, -0.1) is 0 Å². The molecule has 240 valence electrons. The molecule has 0 spiro atoms. The lowest BCUT2D eigenvalue weighted by atomic mass is 9.67. The van der Waals surface area contributed by atoms with E-state index in [1.807, 2.05) is 0 Å². The monoisotopic (exact) mass is 651 g/mol. The highest BCUT2D eigenvalue weighted by molar-refractivity contribution is 6.06. The number of para-hydroxylation sites is 1. The molecule has 0 atom stereocenters. The van der Waals surface area contributed by atoms with Gasteiger partial charge in [-0.05, 0) is 87.0 Å². The number of fused-ring (bicyclic) bond motifs is 6. The molecule has 9 aromatic rings. The summed E-state index contributed by atoms with van der Waals surface area (Å²) in [6, 6.07) is 71.9. The summed E-state index contributed by atoms with van der Waals surface area (Å²) in [5.74, 6) is 0. The van der Waals surface area contributed by atoms with Crippen LogP contribution in [0, 0.1) is 0 Å². The predicted octanol–water partition coefficient (Wildman–Crippen LogP) is 13.1. The zero-order valence-electron chi connectivity index (χ0n) is 27.9. The number of hydrogen-bond acceptors (Lipinski definition) is 2. The van der Waals surface area contributed by atoms with Crippen molar-refractivity contribution in [2.45, 2.75) is 5.41 Å². The number of rotatable bonds is 6. The molecule has 0 unspecified atom stereocenters. The Kier molecular flexibility index (Phi) is 6.75. The van der Waals surface area contributed by atoms with E-state index in [1.54, 1.807) is 0 Å². The van der Waals surface area contributed by atoms with E-state index < -0.39 is 5.41 Å². The minimum atomic E-state index is -0.469. The molecule has 2 nitrogen and oxygen atoms in total. The van der Waals surface area contributed by atoms with Crippen molar-refractivity contribution >= 4 is 39.0 Å². The van der Waals surface area contributed by atoms with Crippen molar-refractivity contribution in [1.82, 2.24) is 0 Å². The topological polar surface area (TPSA) is 16.4 Å². The van der Waals surface area contributed by atoms with E-state index in [0.717, 1.165) is 39.0 Å². The van der Waals surface area contributed by atoms with Gasteiger partial charge in [0.15, 0.2) is 0 Å². The van der Waals surface area contributed by atoms with Crippen molar-refractivity contribution in [3.8, 4) is 22.3 Å². The molecular formula is C49H33NO. The summed E-state index contributed by atoms with van der Waals surface area (Å²) in [6.07, 6.45) is 0. The zero-order valence-corrected chi connectivity index (χ0v) is 27.9. The minimum absolute atomic E-state index is 0.469. The van der Waals surface area contributed by atoms with Gasteiger partial charge in [-0.25, -0.2) is 0 Å². The van der Waals surface area contributed by atoms with Gasteiger partial charge >= 0.3 is 0 Å². The van der Waals surface area contributed by atoms with Crippen LogP contribution < -0.4 is 4.90 Å². The van der Waals surface area contributed by atoms with Gasteiger partial charge in [0.25, 0.3) is 0 Å². The van der Waals surface area contributed by atoms with E-state index in [0.29, 0.717) is 0 Å². The molecule has 0 aliphatic heterocycles. The summed E-state index contributed by atoms with van der Waals surface area (Å²) in [7, 11) is 0. The summed E-state index contributed by atoms with van der Waals surface area (Å²) in [6.45, 7) is 0. The van der Waals surface area contributed by atoms with Crippen LogP contribution >= 0.6 is 0 Å². The third-order valence-electron chi connectivity index (χ3n) is 10.6. The lowest BCUT2D eigenvalue weighted by molar-refractivity contribution is 0.665. The predicted molar refractivity (Wildman–Crippen MR) is 211 cm³/mol. The van der Waals surface area contributed by atoms with Gasteiger partial charge in [0.2, 0.25) is 0 Å². The molecule has 51 heavy (non-hydrogen) atoms. The summed E-state index contributed by atoms with van der Waals surface area (Å²) in [4.78, 5) is 2.30. The molecule has 1 aliphatic rings. The molecule has 1 aromatic heterocycles. The maximum absolute atomic E-state index is 6.82. The Bertz CT molecular complexity index is 2630. The Morgan fingerprint density at radius 1 is 0.353 bits per heavy atom. The Morgan fingerprint density at radius 2 is 0.843 bits per heavy atom. The quantitative estimate of drug-likeness (QED) is 0.178. The molecule has 8 aromatic carbocycles. The zero-order chi connectivity index (χ0) is 33.8. The van der Waals surface area contributed by atoms with Crippen molar-refractivity contribution in [1.29, 1.82) is 0 Å². The third kappa shape index (κ3) is 4.57. The summed E-state index contributed by atoms with van der Waals surface area (Å²) in [5.41, 5.74) is 14.5. The second kappa shape index (κ2) is 11.8. The molecule has 1 aliphatic carbocycles. The van der Waals surface area contributed by atoms with E-state index in [-0.39, 0.29) is 0 Å². The van der Waals surface area contributed by atoms with Crippen LogP contribution in [0.4, 0.5) is 17.1 Å². The highest BCUT2D eigenvalue weighted by Gasteiger charge is 2.46. The van der Waals surface area contributed by atoms with Crippen LogP contribution in [0.3, 0.4) is 0 Å². The molecule has 10 rings (SSSR count). The van der Waals surface area contributed by atoms with Crippen molar-refractivity contribution in [2.24, 2.45) is 0 Å². The van der Waals surface area contributed by atoms with Crippen LogP contribution in [0.2, 0.25) is 0 Å². The van der Waals surface area contributed by atoms with Crippen LogP contribution in [-0.4, -0.2) is 0 Å². The Labute approximate surface area is 297 Å². The summed E-state index contributed by atoms with van der Waals surface area (Å²) in [5, 5.41) is 2.22. The molecule has 0 radical (unpaired) electrons. The SMILES string of the molecule is c1ccc(-c2ccc(N(c3ccccc3)c3ccc4c(c3)oc3cc(C5(c6ccccc6)c6ccccc6-c6ccccc65)ccc34)cc2)cc1. The number of anilines is 3. The molecule has 0 N–H and O–H groups in total. The van der Waals surface area contributed by atoms with Crippen LogP contribution in [0.25, 0.3) is 44.2 Å². The van der Waals surface area contributed by atoms with E-state index in [4.69, 9.17) is 4.42 Å². The van der Waals surface area contributed by atoms with Gasteiger partial charge < -0.3 is 9.32 Å². The van der Waals surface area contributed by atoms with Crippen molar-refractivity contribution in [3.63, 3.8) is 0 Å². The molecule has 2 heteroatoms. The fourth-order valence-corrected chi connectivity index (χ4v) is 8.31. The van der Waals surface area contributed by atoms with E-state index in [9.17, 15) is 0 Å². The molecule has 0 amide bonds. The van der Waals surface area contributed by atoms with E-state index in [2.05, 4.69) is 205 Å². The average molecular weight is 652 g/mol. The standard InChI is InChI=1S/C49H33NO/c1-4-14-34(15-5-1)35-24-27-39(28-25-35)50(38-18-8-3-9-19-38)40-29-31-44-43-30-26-37(32-47(43)51-48(44)33-40)49(36-16-6-2-7-17-36)45-22-12-10-20-41(45)42-21-11-13-23-46(42)49/h1-33H. The lowest BCUT2D eigenvalue weighted by Crippen LogP contribution is -2.28. The fraction of sp³-hybridized carbons (Fsp3) is 0.0204. The summed E-state index contributed by atoms with van der Waals surface area (Å²) < 4.78 is 6.82. The maximum atomic E-state index is 6.82. The first-order valence-corrected chi connectivity index (χ1v) is 17.5.